The lowest BCUT2D eigenvalue weighted by Gasteiger charge is -2.34. The van der Waals surface area contributed by atoms with Crippen LogP contribution in [0.1, 0.15) is 24.2 Å². The molecule has 9 nitrogen and oxygen atoms in total. The summed E-state index contributed by atoms with van der Waals surface area (Å²) in [7, 11) is 2.12. The molecule has 37 heavy (non-hydrogen) atoms. The van der Waals surface area contributed by atoms with Gasteiger partial charge in [0, 0.05) is 66.4 Å². The Morgan fingerprint density at radius 3 is 2.41 bits per heavy atom. The molecule has 1 fully saturated rings. The van der Waals surface area contributed by atoms with E-state index in [1.54, 1.807) is 24.5 Å². The highest BCUT2D eigenvalue weighted by atomic mass is 16.2. The summed E-state index contributed by atoms with van der Waals surface area (Å²) < 4.78 is 0. The first-order valence-electron chi connectivity index (χ1n) is 12.5. The number of carbonyl (C=O) groups excluding carboxylic acids is 1. The van der Waals surface area contributed by atoms with Crippen LogP contribution in [0, 0.1) is 0 Å². The molecule has 0 bridgehead atoms. The van der Waals surface area contributed by atoms with Gasteiger partial charge >= 0.3 is 0 Å². The average molecular weight is 500 g/mol. The highest BCUT2D eigenvalue weighted by Crippen LogP contribution is 2.29. The van der Waals surface area contributed by atoms with Crippen LogP contribution in [0.25, 0.3) is 10.8 Å². The number of carbonyl (C=O) groups is 1. The minimum Gasteiger partial charge on any atom is -0.398 e. The van der Waals surface area contributed by atoms with Gasteiger partial charge in [-0.15, -0.1) is 0 Å². The number of rotatable bonds is 5. The molecule has 9 heteroatoms. The van der Waals surface area contributed by atoms with Crippen LogP contribution in [0.3, 0.4) is 0 Å². The molecule has 0 unspecified atom stereocenters. The smallest absolute Gasteiger partial charge is 0.263 e. The number of pyridine rings is 2. The summed E-state index contributed by atoms with van der Waals surface area (Å²) in [6.45, 7) is 7.96. The van der Waals surface area contributed by atoms with Crippen LogP contribution >= 0.6 is 0 Å². The van der Waals surface area contributed by atoms with Gasteiger partial charge in [0.2, 0.25) is 0 Å². The number of benzene rings is 2. The monoisotopic (exact) mass is 499 g/mol. The van der Waals surface area contributed by atoms with Crippen LogP contribution in [0.5, 0.6) is 0 Å². The van der Waals surface area contributed by atoms with E-state index in [9.17, 15) is 9.59 Å². The molecule has 1 saturated heterocycles. The Labute approximate surface area is 216 Å². The van der Waals surface area contributed by atoms with E-state index < -0.39 is 11.5 Å². The lowest BCUT2D eigenvalue weighted by Crippen LogP contribution is -2.44. The van der Waals surface area contributed by atoms with Crippen LogP contribution in [-0.4, -0.2) is 54.0 Å². The van der Waals surface area contributed by atoms with Crippen LogP contribution < -0.4 is 26.8 Å². The van der Waals surface area contributed by atoms with E-state index in [0.717, 1.165) is 42.6 Å². The van der Waals surface area contributed by atoms with Gasteiger partial charge in [-0.3, -0.25) is 14.6 Å². The number of nitrogens with two attached hydrogens (primary N) is 1. The molecule has 5 N–H and O–H groups in total. The summed E-state index contributed by atoms with van der Waals surface area (Å²) in [5.41, 5.74) is 8.91. The van der Waals surface area contributed by atoms with Crippen molar-refractivity contribution >= 4 is 45.1 Å². The minimum absolute atomic E-state index is 0.0171. The van der Waals surface area contributed by atoms with E-state index in [-0.39, 0.29) is 5.56 Å². The van der Waals surface area contributed by atoms with Crippen molar-refractivity contribution in [2.75, 3.05) is 54.5 Å². The van der Waals surface area contributed by atoms with E-state index in [1.165, 1.54) is 6.20 Å². The zero-order chi connectivity index (χ0) is 26.4. The third-order valence-corrected chi connectivity index (χ3v) is 6.29. The van der Waals surface area contributed by atoms with Crippen LogP contribution in [0.4, 0.5) is 28.4 Å². The summed E-state index contributed by atoms with van der Waals surface area (Å²) in [6.07, 6.45) is 4.83. The molecule has 2 aromatic heterocycles. The number of aromatic nitrogens is 2. The van der Waals surface area contributed by atoms with E-state index in [2.05, 4.69) is 37.4 Å². The summed E-state index contributed by atoms with van der Waals surface area (Å²) in [5, 5.41) is 7.67. The predicted octanol–water partition coefficient (Wildman–Crippen LogP) is 4.28. The Bertz CT molecular complexity index is 1420. The lowest BCUT2D eigenvalue weighted by atomic mass is 10.1. The molecule has 0 atom stereocenters. The maximum atomic E-state index is 13.2. The summed E-state index contributed by atoms with van der Waals surface area (Å²) >= 11 is 0. The predicted molar refractivity (Wildman–Crippen MR) is 152 cm³/mol. The topological polar surface area (TPSA) is 119 Å². The molecule has 1 amide bonds. The fourth-order valence-electron chi connectivity index (χ4n) is 4.28. The second kappa shape index (κ2) is 11.6. The Hall–Kier alpha value is -4.37. The number of nitrogen functional groups attached to an aromatic ring is 1. The molecule has 5 rings (SSSR count). The van der Waals surface area contributed by atoms with Gasteiger partial charge in [0.25, 0.3) is 11.5 Å². The first-order valence-corrected chi connectivity index (χ1v) is 12.5. The fraction of sp³-hybridized carbons (Fsp3) is 0.250. The molecule has 4 aromatic rings. The average Bonchev–Trinajstić information content (AvgIpc) is 2.91. The van der Waals surface area contributed by atoms with Gasteiger partial charge in [-0.2, -0.15) is 0 Å². The molecule has 0 spiro atoms. The maximum Gasteiger partial charge on any atom is 0.263 e. The highest BCUT2D eigenvalue weighted by Gasteiger charge is 2.18. The van der Waals surface area contributed by atoms with Gasteiger partial charge in [0.1, 0.15) is 5.56 Å². The standard InChI is InChI=1S/C26H27N7O2.C2H6/c1-32-11-13-33(14-12-32)18-7-5-17(6-8-18)30-26(35)24-22(9-10-29-25(24)34)31-23-16-28-15-20-19(23)3-2-4-21(20)27;1-2/h2-10,15-16H,11-14,27H2,1H3,(H,30,35)(H2,29,31,34);1-2H3. The van der Waals surface area contributed by atoms with Crippen LogP contribution in [0.15, 0.2) is 71.9 Å². The number of nitrogens with zero attached hydrogens (tertiary/aromatic N) is 3. The maximum absolute atomic E-state index is 13.2. The molecule has 2 aromatic carbocycles. The fourth-order valence-corrected chi connectivity index (χ4v) is 4.28. The second-order valence-corrected chi connectivity index (χ2v) is 8.64. The van der Waals surface area contributed by atoms with Crippen molar-refractivity contribution in [1.82, 2.24) is 14.9 Å². The molecular formula is C28H33N7O2. The first kappa shape index (κ1) is 25.7. The van der Waals surface area contributed by atoms with Crippen molar-refractivity contribution in [3.63, 3.8) is 0 Å². The van der Waals surface area contributed by atoms with Crippen LogP contribution in [-0.2, 0) is 0 Å². The number of amides is 1. The van der Waals surface area contributed by atoms with E-state index in [0.29, 0.717) is 22.7 Å². The zero-order valence-electron chi connectivity index (χ0n) is 21.4. The number of anilines is 5. The quantitative estimate of drug-likeness (QED) is 0.303. The van der Waals surface area contributed by atoms with Crippen molar-refractivity contribution < 1.29 is 4.79 Å². The van der Waals surface area contributed by atoms with Gasteiger partial charge in [-0.1, -0.05) is 26.0 Å². The number of piperazine rings is 1. The largest absolute Gasteiger partial charge is 0.398 e. The molecule has 0 radical (unpaired) electrons. The van der Waals surface area contributed by atoms with Gasteiger partial charge in [-0.05, 0) is 43.4 Å². The van der Waals surface area contributed by atoms with Crippen LogP contribution in [0.2, 0.25) is 0 Å². The Kier molecular flexibility index (Phi) is 8.05. The van der Waals surface area contributed by atoms with E-state index in [4.69, 9.17) is 5.73 Å². The zero-order valence-corrected chi connectivity index (χ0v) is 21.4. The van der Waals surface area contributed by atoms with Gasteiger partial charge in [0.15, 0.2) is 0 Å². The van der Waals surface area contributed by atoms with Gasteiger partial charge in [-0.25, -0.2) is 0 Å². The lowest BCUT2D eigenvalue weighted by molar-refractivity contribution is 0.102. The summed E-state index contributed by atoms with van der Waals surface area (Å²) in [4.78, 5) is 37.3. The third kappa shape index (κ3) is 5.73. The molecule has 192 valence electrons. The van der Waals surface area contributed by atoms with E-state index in [1.807, 2.05) is 50.2 Å². The molecule has 0 aliphatic carbocycles. The molecular weight excluding hydrogens is 466 g/mol. The first-order chi connectivity index (χ1) is 18.0. The molecule has 1 aliphatic heterocycles. The number of hydrogen-bond donors (Lipinski definition) is 4. The summed E-state index contributed by atoms with van der Waals surface area (Å²) in [6, 6.07) is 14.9. The normalized spacial score (nSPS) is 13.5. The molecule has 3 heterocycles. The SMILES string of the molecule is CC.CN1CCN(c2ccc(NC(=O)c3c(Nc4cncc5c(N)cccc45)cc[nH]c3=O)cc2)CC1. The number of fused-ring (bicyclic) bond motifs is 1. The van der Waals surface area contributed by atoms with E-state index >= 15 is 0 Å². The third-order valence-electron chi connectivity index (χ3n) is 6.29. The molecule has 1 aliphatic rings. The Morgan fingerprint density at radius 1 is 0.946 bits per heavy atom. The van der Waals surface area contributed by atoms with Crippen molar-refractivity contribution in [2.24, 2.45) is 0 Å². The number of aromatic amines is 1. The summed E-state index contributed by atoms with van der Waals surface area (Å²) in [5.74, 6) is -0.505. The van der Waals surface area contributed by atoms with Gasteiger partial charge in [0.05, 0.1) is 17.6 Å². The number of H-pyrrole nitrogens is 1. The van der Waals surface area contributed by atoms with Crippen molar-refractivity contribution in [3.8, 4) is 0 Å². The number of nitrogens with one attached hydrogen (secondary N) is 3. The Balaban J connectivity index is 0.00000156. The Morgan fingerprint density at radius 2 is 1.68 bits per heavy atom. The van der Waals surface area contributed by atoms with Crippen molar-refractivity contribution in [3.05, 3.63) is 83.0 Å². The van der Waals surface area contributed by atoms with Crippen molar-refractivity contribution in [2.45, 2.75) is 13.8 Å². The highest BCUT2D eigenvalue weighted by molar-refractivity contribution is 6.09. The minimum atomic E-state index is -0.505. The second-order valence-electron chi connectivity index (χ2n) is 8.64. The van der Waals surface area contributed by atoms with Gasteiger partial charge < -0.3 is 31.2 Å². The van der Waals surface area contributed by atoms with Crippen molar-refractivity contribution in [1.29, 1.82) is 0 Å². The molecule has 0 saturated carbocycles. The number of hydrogen-bond acceptors (Lipinski definition) is 7. The number of likely N-dealkylation sites (N-methyl/N-ethyl adjacent to an activating group) is 1.